The highest BCUT2D eigenvalue weighted by molar-refractivity contribution is 7.83. The lowest BCUT2D eigenvalue weighted by atomic mass is 9.87. The van der Waals surface area contributed by atoms with Gasteiger partial charge in [0.25, 0.3) is 0 Å². The van der Waals surface area contributed by atoms with E-state index in [0.717, 1.165) is 12.8 Å². The fourth-order valence-corrected chi connectivity index (χ4v) is 2.65. The minimum Gasteiger partial charge on any atom is -0.465 e. The maximum Gasteiger partial charge on any atom is 0.324 e. The summed E-state index contributed by atoms with van der Waals surface area (Å²) in [5.74, 6) is 0.243. The first-order chi connectivity index (χ1) is 7.82. The smallest absolute Gasteiger partial charge is 0.324 e. The molecule has 5 heteroatoms. The lowest BCUT2D eigenvalue weighted by molar-refractivity contribution is -0.147. The van der Waals surface area contributed by atoms with E-state index in [4.69, 9.17) is 4.74 Å². The van der Waals surface area contributed by atoms with Gasteiger partial charge in [-0.1, -0.05) is 34.1 Å². The van der Waals surface area contributed by atoms with E-state index in [-0.39, 0.29) is 11.4 Å². The molecule has 0 rings (SSSR count). The second-order valence-corrected chi connectivity index (χ2v) is 6.41. The molecular weight excluding hydrogens is 238 g/mol. The van der Waals surface area contributed by atoms with Crippen LogP contribution in [0.15, 0.2) is 0 Å². The number of ether oxygens (including phenoxy) is 1. The average molecular weight is 263 g/mol. The number of carbonyl (C=O) groups excluding carboxylic acids is 1. The Labute approximate surface area is 107 Å². The van der Waals surface area contributed by atoms with E-state index in [1.807, 2.05) is 27.7 Å². The Morgan fingerprint density at radius 2 is 1.94 bits per heavy atom. The summed E-state index contributed by atoms with van der Waals surface area (Å²) in [6.45, 7) is 9.94. The van der Waals surface area contributed by atoms with Crippen molar-refractivity contribution in [3.8, 4) is 0 Å². The number of rotatable bonds is 7. The highest BCUT2D eigenvalue weighted by Gasteiger charge is 2.33. The van der Waals surface area contributed by atoms with E-state index in [2.05, 4.69) is 4.72 Å². The topological polar surface area (TPSA) is 55.4 Å². The normalized spacial score (nSPS) is 15.4. The molecule has 0 aromatic heterocycles. The van der Waals surface area contributed by atoms with Crippen LogP contribution in [0, 0.1) is 5.41 Å². The van der Waals surface area contributed by atoms with Crippen LogP contribution in [0.3, 0.4) is 0 Å². The van der Waals surface area contributed by atoms with E-state index < -0.39 is 17.0 Å². The van der Waals surface area contributed by atoms with Crippen LogP contribution in [-0.2, 0) is 20.5 Å². The van der Waals surface area contributed by atoms with Crippen LogP contribution in [0.25, 0.3) is 0 Å². The summed E-state index contributed by atoms with van der Waals surface area (Å²) < 4.78 is 19.6. The number of hydrogen-bond donors (Lipinski definition) is 1. The predicted octanol–water partition coefficient (Wildman–Crippen LogP) is 2.02. The van der Waals surface area contributed by atoms with Crippen LogP contribution < -0.4 is 4.72 Å². The van der Waals surface area contributed by atoms with Gasteiger partial charge in [-0.2, -0.15) is 0 Å². The summed E-state index contributed by atoms with van der Waals surface area (Å²) in [4.78, 5) is 11.8. The molecule has 0 spiro atoms. The minimum atomic E-state index is -1.17. The highest BCUT2D eigenvalue weighted by Crippen LogP contribution is 2.20. The third-order valence-corrected chi connectivity index (χ3v) is 3.48. The van der Waals surface area contributed by atoms with Crippen LogP contribution in [0.1, 0.15) is 47.5 Å². The molecular formula is C12H25NO3S. The summed E-state index contributed by atoms with van der Waals surface area (Å²) in [6.07, 6.45) is 1.88. The zero-order chi connectivity index (χ0) is 13.5. The van der Waals surface area contributed by atoms with Gasteiger partial charge in [0.05, 0.1) is 17.6 Å². The molecule has 0 aliphatic carbocycles. The van der Waals surface area contributed by atoms with Crippen molar-refractivity contribution in [1.29, 1.82) is 0 Å². The minimum absolute atomic E-state index is 0.311. The van der Waals surface area contributed by atoms with Crippen LogP contribution >= 0.6 is 0 Å². The SMILES string of the molecule is CCCC[S@@](=O)N[C@H](C(=O)OCC)C(C)(C)C. The third kappa shape index (κ3) is 6.78. The number of unbranched alkanes of at least 4 members (excludes halogenated alkanes) is 1. The molecule has 2 atom stereocenters. The van der Waals surface area contributed by atoms with Crippen molar-refractivity contribution < 1.29 is 13.7 Å². The number of nitrogens with one attached hydrogen (secondary N) is 1. The molecule has 4 nitrogen and oxygen atoms in total. The van der Waals surface area contributed by atoms with Crippen LogP contribution in [0.5, 0.6) is 0 Å². The first-order valence-electron chi connectivity index (χ1n) is 6.14. The van der Waals surface area contributed by atoms with E-state index >= 15 is 0 Å². The van der Waals surface area contributed by atoms with Gasteiger partial charge in [-0.3, -0.25) is 4.79 Å². The number of esters is 1. The lowest BCUT2D eigenvalue weighted by Gasteiger charge is -2.28. The van der Waals surface area contributed by atoms with Gasteiger partial charge >= 0.3 is 5.97 Å². The number of carbonyl (C=O) groups is 1. The van der Waals surface area contributed by atoms with E-state index in [1.54, 1.807) is 6.92 Å². The Hall–Kier alpha value is -0.420. The van der Waals surface area contributed by atoms with Crippen molar-refractivity contribution >= 4 is 17.0 Å². The summed E-state index contributed by atoms with van der Waals surface area (Å²) in [5, 5.41) is 0. The molecule has 0 saturated heterocycles. The summed E-state index contributed by atoms with van der Waals surface area (Å²) in [6, 6.07) is -0.528. The quantitative estimate of drug-likeness (QED) is 0.715. The average Bonchev–Trinajstić information content (AvgIpc) is 2.21. The molecule has 17 heavy (non-hydrogen) atoms. The Bertz CT molecular complexity index is 261. The molecule has 0 aromatic rings. The molecule has 0 radical (unpaired) electrons. The van der Waals surface area contributed by atoms with Crippen molar-refractivity contribution in [2.75, 3.05) is 12.4 Å². The first kappa shape index (κ1) is 16.6. The van der Waals surface area contributed by atoms with E-state index in [9.17, 15) is 9.00 Å². The molecule has 102 valence electrons. The standard InChI is InChI=1S/C12H25NO3S/c1-6-8-9-17(15)13-10(12(3,4)5)11(14)16-7-2/h10,13H,6-9H2,1-5H3/t10-,17-/m1/s1. The van der Waals surface area contributed by atoms with Crippen molar-refractivity contribution in [3.63, 3.8) is 0 Å². The molecule has 0 fully saturated rings. The van der Waals surface area contributed by atoms with Gasteiger partial charge in [-0.25, -0.2) is 8.93 Å². The van der Waals surface area contributed by atoms with Gasteiger partial charge in [0, 0.05) is 5.75 Å². The lowest BCUT2D eigenvalue weighted by Crippen LogP contribution is -2.48. The van der Waals surface area contributed by atoms with Gasteiger partial charge in [0.15, 0.2) is 0 Å². The molecule has 0 saturated carbocycles. The Balaban J connectivity index is 4.50. The summed E-state index contributed by atoms with van der Waals surface area (Å²) in [5.41, 5.74) is -0.311. The molecule has 0 heterocycles. The largest absolute Gasteiger partial charge is 0.465 e. The van der Waals surface area contributed by atoms with E-state index in [0.29, 0.717) is 12.4 Å². The van der Waals surface area contributed by atoms with Crippen LogP contribution in [0.2, 0.25) is 0 Å². The van der Waals surface area contributed by atoms with Gasteiger partial charge < -0.3 is 4.74 Å². The maximum atomic E-state index is 11.8. The van der Waals surface area contributed by atoms with Crippen molar-refractivity contribution in [3.05, 3.63) is 0 Å². The fourth-order valence-electron chi connectivity index (χ4n) is 1.27. The molecule has 1 N–H and O–H groups in total. The van der Waals surface area contributed by atoms with Crippen molar-refractivity contribution in [2.45, 2.75) is 53.5 Å². The predicted molar refractivity (Wildman–Crippen MR) is 70.9 cm³/mol. The molecule has 0 aromatic carbocycles. The third-order valence-electron chi connectivity index (χ3n) is 2.32. The van der Waals surface area contributed by atoms with Gasteiger partial charge in [-0.05, 0) is 18.8 Å². The van der Waals surface area contributed by atoms with Gasteiger partial charge in [0.2, 0.25) is 0 Å². The molecule has 0 aliphatic rings. The van der Waals surface area contributed by atoms with Gasteiger partial charge in [0.1, 0.15) is 6.04 Å². The van der Waals surface area contributed by atoms with Gasteiger partial charge in [-0.15, -0.1) is 0 Å². The maximum absolute atomic E-state index is 11.8. The zero-order valence-corrected chi connectivity index (χ0v) is 12.4. The second kappa shape index (κ2) is 7.82. The first-order valence-corrected chi connectivity index (χ1v) is 7.46. The van der Waals surface area contributed by atoms with E-state index in [1.165, 1.54) is 0 Å². The molecule has 0 amide bonds. The van der Waals surface area contributed by atoms with Crippen molar-refractivity contribution in [2.24, 2.45) is 5.41 Å². The fraction of sp³-hybridized carbons (Fsp3) is 0.917. The molecule has 0 bridgehead atoms. The van der Waals surface area contributed by atoms with Crippen molar-refractivity contribution in [1.82, 2.24) is 4.72 Å². The summed E-state index contributed by atoms with van der Waals surface area (Å²) in [7, 11) is -1.17. The highest BCUT2D eigenvalue weighted by atomic mass is 32.2. The zero-order valence-electron chi connectivity index (χ0n) is 11.5. The number of hydrogen-bond acceptors (Lipinski definition) is 3. The monoisotopic (exact) mass is 263 g/mol. The van der Waals surface area contributed by atoms with Crippen LogP contribution in [-0.4, -0.2) is 28.6 Å². The Kier molecular flexibility index (Phi) is 7.63. The molecule has 0 aliphatic heterocycles. The second-order valence-electron chi connectivity index (χ2n) is 5.07. The Morgan fingerprint density at radius 1 is 1.35 bits per heavy atom. The van der Waals surface area contributed by atoms with Crippen LogP contribution in [0.4, 0.5) is 0 Å². The Morgan fingerprint density at radius 3 is 2.35 bits per heavy atom. The summed E-state index contributed by atoms with van der Waals surface area (Å²) >= 11 is 0. The molecule has 0 unspecified atom stereocenters.